The quantitative estimate of drug-likeness (QED) is 0.197. The van der Waals surface area contributed by atoms with E-state index in [1.54, 1.807) is 36.1 Å². The molecule has 0 saturated carbocycles. The molecule has 0 bridgehead atoms. The summed E-state index contributed by atoms with van der Waals surface area (Å²) in [6.07, 6.45) is 11.9. The number of anilines is 4. The minimum absolute atomic E-state index is 0.314. The SMILES string of the molecule is CCc1ccnc(Nc2nc(-c3cn[nH]c3)c(C)s2)n1.Cc1sc(Nc2ncc(F)cn2)nc1-c1cn[nH]c1. The first-order valence-corrected chi connectivity index (χ1v) is 13.4. The predicted molar refractivity (Wildman–Crippen MR) is 149 cm³/mol. The lowest BCUT2D eigenvalue weighted by Crippen LogP contribution is -1.98. The van der Waals surface area contributed by atoms with E-state index in [0.717, 1.165) is 61.9 Å². The highest BCUT2D eigenvalue weighted by molar-refractivity contribution is 7.16. The van der Waals surface area contributed by atoms with Crippen LogP contribution < -0.4 is 10.6 Å². The van der Waals surface area contributed by atoms with Gasteiger partial charge in [-0.1, -0.05) is 6.92 Å². The number of aromatic amines is 2. The standard InChI is InChI=1S/C13H14N6S.C11H9FN6S/c1-3-10-4-5-14-12(17-10)19-13-18-11(8(2)20-13)9-6-15-16-7-9;1-6-9(7-2-15-16-3-7)17-11(19-6)18-10-13-4-8(12)5-14-10/h4-7H,3H2,1-2H3,(H,15,16)(H,14,17,18,19);2-5H,1H3,(H,15,16)(H,13,14,17,18). The molecule has 0 aliphatic carbocycles. The highest BCUT2D eigenvalue weighted by Crippen LogP contribution is 2.31. The second kappa shape index (κ2) is 11.8. The minimum atomic E-state index is -0.472. The molecule has 0 unspecified atom stereocenters. The molecule has 0 aliphatic heterocycles. The molecule has 6 rings (SSSR count). The minimum Gasteiger partial charge on any atom is -0.300 e. The lowest BCUT2D eigenvalue weighted by molar-refractivity contribution is 0.614. The summed E-state index contributed by atoms with van der Waals surface area (Å²) in [6, 6.07) is 1.91. The van der Waals surface area contributed by atoms with Crippen LogP contribution in [0, 0.1) is 19.7 Å². The summed E-state index contributed by atoms with van der Waals surface area (Å²) >= 11 is 3.05. The summed E-state index contributed by atoms with van der Waals surface area (Å²) < 4.78 is 12.7. The third-order valence-corrected chi connectivity index (χ3v) is 7.04. The van der Waals surface area contributed by atoms with Gasteiger partial charge in [-0.15, -0.1) is 22.7 Å². The van der Waals surface area contributed by atoms with E-state index in [0.29, 0.717) is 17.0 Å². The van der Waals surface area contributed by atoms with Gasteiger partial charge >= 0.3 is 0 Å². The monoisotopic (exact) mass is 562 g/mol. The van der Waals surface area contributed by atoms with E-state index in [-0.39, 0.29) is 0 Å². The molecular formula is C24H23FN12S2. The zero-order valence-corrected chi connectivity index (χ0v) is 22.7. The molecule has 0 saturated heterocycles. The normalized spacial score (nSPS) is 10.7. The molecule has 15 heteroatoms. The topological polar surface area (TPSA) is 159 Å². The lowest BCUT2D eigenvalue weighted by atomic mass is 10.2. The fraction of sp³-hybridized carbons (Fsp3) is 0.167. The van der Waals surface area contributed by atoms with Crippen LogP contribution in [-0.2, 0) is 6.42 Å². The molecule has 6 heterocycles. The van der Waals surface area contributed by atoms with Gasteiger partial charge in [-0.2, -0.15) is 10.2 Å². The van der Waals surface area contributed by atoms with Gasteiger partial charge in [-0.25, -0.2) is 34.3 Å². The summed E-state index contributed by atoms with van der Waals surface area (Å²) in [5.74, 6) is 0.422. The van der Waals surface area contributed by atoms with E-state index in [2.05, 4.69) is 67.9 Å². The summed E-state index contributed by atoms with van der Waals surface area (Å²) in [7, 11) is 0. The third kappa shape index (κ3) is 6.45. The Hall–Kier alpha value is -4.63. The number of rotatable bonds is 7. The molecule has 198 valence electrons. The maximum atomic E-state index is 12.7. The molecule has 0 aromatic carbocycles. The molecule has 39 heavy (non-hydrogen) atoms. The number of aromatic nitrogens is 10. The third-order valence-electron chi connectivity index (χ3n) is 5.27. The Morgan fingerprint density at radius 2 is 1.33 bits per heavy atom. The maximum Gasteiger partial charge on any atom is 0.229 e. The van der Waals surface area contributed by atoms with Crippen molar-refractivity contribution < 1.29 is 4.39 Å². The smallest absolute Gasteiger partial charge is 0.229 e. The van der Waals surface area contributed by atoms with Crippen molar-refractivity contribution in [1.82, 2.24) is 50.3 Å². The molecular weight excluding hydrogens is 539 g/mol. The van der Waals surface area contributed by atoms with Crippen molar-refractivity contribution in [2.45, 2.75) is 27.2 Å². The van der Waals surface area contributed by atoms with Crippen molar-refractivity contribution >= 4 is 44.8 Å². The summed E-state index contributed by atoms with van der Waals surface area (Å²) in [4.78, 5) is 27.5. The fourth-order valence-electron chi connectivity index (χ4n) is 3.42. The van der Waals surface area contributed by atoms with E-state index >= 15 is 0 Å². The van der Waals surface area contributed by atoms with Gasteiger partial charge < -0.3 is 10.6 Å². The molecule has 6 aromatic heterocycles. The fourth-order valence-corrected chi connectivity index (χ4v) is 5.08. The van der Waals surface area contributed by atoms with Crippen LogP contribution in [0.15, 0.2) is 49.4 Å². The van der Waals surface area contributed by atoms with Crippen molar-refractivity contribution in [3.63, 3.8) is 0 Å². The van der Waals surface area contributed by atoms with Crippen LogP contribution in [0.5, 0.6) is 0 Å². The Morgan fingerprint density at radius 1 is 0.769 bits per heavy atom. The summed E-state index contributed by atoms with van der Waals surface area (Å²) in [5, 5.41) is 20.9. The number of hydrogen-bond donors (Lipinski definition) is 4. The molecule has 0 spiro atoms. The van der Waals surface area contributed by atoms with Crippen LogP contribution in [0.25, 0.3) is 22.5 Å². The average molecular weight is 563 g/mol. The van der Waals surface area contributed by atoms with E-state index < -0.39 is 5.82 Å². The van der Waals surface area contributed by atoms with Gasteiger partial charge in [0.25, 0.3) is 0 Å². The first-order chi connectivity index (χ1) is 19.0. The second-order valence-electron chi connectivity index (χ2n) is 8.02. The number of thiazole rings is 2. The van der Waals surface area contributed by atoms with E-state index in [9.17, 15) is 4.39 Å². The van der Waals surface area contributed by atoms with Crippen molar-refractivity contribution in [1.29, 1.82) is 0 Å². The highest BCUT2D eigenvalue weighted by atomic mass is 32.1. The second-order valence-corrected chi connectivity index (χ2v) is 10.4. The van der Waals surface area contributed by atoms with Gasteiger partial charge in [-0.05, 0) is 26.3 Å². The summed E-state index contributed by atoms with van der Waals surface area (Å²) in [6.45, 7) is 6.07. The van der Waals surface area contributed by atoms with E-state index in [1.807, 2.05) is 26.1 Å². The van der Waals surface area contributed by atoms with Gasteiger partial charge in [0.2, 0.25) is 11.9 Å². The molecule has 4 N–H and O–H groups in total. The molecule has 0 aliphatic rings. The molecule has 0 atom stereocenters. The predicted octanol–water partition coefficient (Wildman–Crippen LogP) is 5.45. The van der Waals surface area contributed by atoms with Crippen LogP contribution >= 0.6 is 22.7 Å². The Labute approximate surface area is 230 Å². The van der Waals surface area contributed by atoms with Gasteiger partial charge in [0.15, 0.2) is 16.1 Å². The molecule has 0 amide bonds. The van der Waals surface area contributed by atoms with E-state index in [4.69, 9.17) is 0 Å². The maximum absolute atomic E-state index is 12.7. The largest absolute Gasteiger partial charge is 0.300 e. The Morgan fingerprint density at radius 3 is 1.85 bits per heavy atom. The van der Waals surface area contributed by atoms with Crippen molar-refractivity contribution in [3.8, 4) is 22.5 Å². The van der Waals surface area contributed by atoms with Crippen molar-refractivity contribution in [2.24, 2.45) is 0 Å². The van der Waals surface area contributed by atoms with Crippen LogP contribution in [0.4, 0.5) is 26.6 Å². The van der Waals surface area contributed by atoms with Gasteiger partial charge in [0, 0.05) is 45.2 Å². The molecule has 0 fully saturated rings. The van der Waals surface area contributed by atoms with Crippen LogP contribution in [0.1, 0.15) is 22.4 Å². The molecule has 6 aromatic rings. The number of nitrogens with one attached hydrogen (secondary N) is 4. The van der Waals surface area contributed by atoms with Gasteiger partial charge in [0.1, 0.15) is 0 Å². The average Bonchev–Trinajstić information content (AvgIpc) is 3.74. The zero-order valence-electron chi connectivity index (χ0n) is 21.1. The number of nitrogens with zero attached hydrogens (tertiary/aromatic N) is 8. The number of hydrogen-bond acceptors (Lipinski definition) is 12. The number of H-pyrrole nitrogens is 2. The Balaban J connectivity index is 0.000000158. The van der Waals surface area contributed by atoms with Gasteiger partial charge in [-0.3, -0.25) is 10.2 Å². The first-order valence-electron chi connectivity index (χ1n) is 11.7. The van der Waals surface area contributed by atoms with Gasteiger partial charge in [0.05, 0.1) is 36.2 Å². The Bertz CT molecular complexity index is 1630. The zero-order chi connectivity index (χ0) is 27.2. The molecule has 0 radical (unpaired) electrons. The van der Waals surface area contributed by atoms with Crippen LogP contribution in [0.3, 0.4) is 0 Å². The van der Waals surface area contributed by atoms with Crippen molar-refractivity contribution in [3.05, 3.63) is 70.7 Å². The molecule has 12 nitrogen and oxygen atoms in total. The van der Waals surface area contributed by atoms with Crippen LogP contribution in [0.2, 0.25) is 0 Å². The summed E-state index contributed by atoms with van der Waals surface area (Å²) in [5.41, 5.74) is 4.68. The number of aryl methyl sites for hydroxylation is 3. The van der Waals surface area contributed by atoms with Crippen LogP contribution in [-0.4, -0.2) is 50.3 Å². The Kier molecular flexibility index (Phi) is 7.88. The van der Waals surface area contributed by atoms with Crippen molar-refractivity contribution in [2.75, 3.05) is 10.6 Å². The highest BCUT2D eigenvalue weighted by Gasteiger charge is 2.13. The first kappa shape index (κ1) is 26.0. The number of halogens is 1. The van der Waals surface area contributed by atoms with E-state index in [1.165, 1.54) is 11.3 Å². The lowest BCUT2D eigenvalue weighted by Gasteiger charge is -2.01.